The summed E-state index contributed by atoms with van der Waals surface area (Å²) in [5.41, 5.74) is 0.317. The van der Waals surface area contributed by atoms with Gasteiger partial charge in [0.1, 0.15) is 6.04 Å². The van der Waals surface area contributed by atoms with Gasteiger partial charge in [0.2, 0.25) is 0 Å². The maximum absolute atomic E-state index is 12.0. The van der Waals surface area contributed by atoms with Crippen LogP contribution in [0.2, 0.25) is 0 Å². The number of carbonyl (C=O) groups is 3. The van der Waals surface area contributed by atoms with Crippen LogP contribution in [0.25, 0.3) is 0 Å². The zero-order valence-corrected chi connectivity index (χ0v) is 12.2. The van der Waals surface area contributed by atoms with Gasteiger partial charge in [-0.1, -0.05) is 6.92 Å². The number of ether oxygens (including phenoxy) is 2. The molecule has 1 aromatic heterocycles. The third-order valence-electron chi connectivity index (χ3n) is 2.91. The Kier molecular flexibility index (Phi) is 6.32. The number of rotatable bonds is 6. The first-order valence-electron chi connectivity index (χ1n) is 6.36. The van der Waals surface area contributed by atoms with E-state index in [9.17, 15) is 14.4 Å². The highest BCUT2D eigenvalue weighted by molar-refractivity contribution is 5.96. The maximum Gasteiger partial charge on any atom is 0.328 e. The van der Waals surface area contributed by atoms with Crippen LogP contribution in [0.1, 0.15) is 23.7 Å². The zero-order chi connectivity index (χ0) is 15.8. The summed E-state index contributed by atoms with van der Waals surface area (Å²) in [6.45, 7) is 1.61. The number of amides is 1. The summed E-state index contributed by atoms with van der Waals surface area (Å²) in [6, 6.07) is 2.25. The number of methoxy groups -OCH3 is 2. The molecular formula is C14H18N2O5. The summed E-state index contributed by atoms with van der Waals surface area (Å²) in [5.74, 6) is -2.09. The zero-order valence-electron chi connectivity index (χ0n) is 12.2. The van der Waals surface area contributed by atoms with Gasteiger partial charge in [-0.3, -0.25) is 14.6 Å². The molecule has 1 aromatic rings. The lowest BCUT2D eigenvalue weighted by molar-refractivity contribution is -0.147. The molecule has 0 unspecified atom stereocenters. The summed E-state index contributed by atoms with van der Waals surface area (Å²) in [7, 11) is 2.48. The van der Waals surface area contributed by atoms with Gasteiger partial charge in [0.25, 0.3) is 5.91 Å². The Morgan fingerprint density at radius 1 is 1.24 bits per heavy atom. The lowest BCUT2D eigenvalue weighted by Gasteiger charge is -2.19. The van der Waals surface area contributed by atoms with Crippen LogP contribution in [0, 0.1) is 5.92 Å². The van der Waals surface area contributed by atoms with E-state index in [0.717, 1.165) is 0 Å². The second-order valence-electron chi connectivity index (χ2n) is 4.45. The highest BCUT2D eigenvalue weighted by atomic mass is 16.5. The molecule has 0 fully saturated rings. The summed E-state index contributed by atoms with van der Waals surface area (Å²) in [5, 5.41) is 2.53. The number of esters is 2. The number of aromatic nitrogens is 1. The third kappa shape index (κ3) is 4.87. The molecule has 0 aliphatic rings. The van der Waals surface area contributed by atoms with Crippen molar-refractivity contribution >= 4 is 17.8 Å². The van der Waals surface area contributed by atoms with Crippen molar-refractivity contribution < 1.29 is 23.9 Å². The Morgan fingerprint density at radius 3 is 2.43 bits per heavy atom. The van der Waals surface area contributed by atoms with Crippen LogP contribution in [0.15, 0.2) is 24.5 Å². The summed E-state index contributed by atoms with van der Waals surface area (Å²) >= 11 is 0. The Labute approximate surface area is 122 Å². The molecule has 7 heteroatoms. The predicted molar refractivity (Wildman–Crippen MR) is 73.3 cm³/mol. The molecule has 1 N–H and O–H groups in total. The van der Waals surface area contributed by atoms with E-state index in [-0.39, 0.29) is 6.42 Å². The summed E-state index contributed by atoms with van der Waals surface area (Å²) < 4.78 is 9.24. The van der Waals surface area contributed by atoms with Crippen molar-refractivity contribution in [2.75, 3.05) is 14.2 Å². The highest BCUT2D eigenvalue weighted by Crippen LogP contribution is 2.10. The second-order valence-corrected chi connectivity index (χ2v) is 4.45. The standard InChI is InChI=1S/C14H18N2O5/c1-9(13(18)20-2)7-11(14(19)21-3)16-12(17)10-5-4-6-15-8-10/h4-6,8-9,11H,7H2,1-3H3,(H,16,17)/t9-,11+/m0/s1. The van der Waals surface area contributed by atoms with Crippen LogP contribution < -0.4 is 5.32 Å². The number of carbonyl (C=O) groups excluding carboxylic acids is 3. The van der Waals surface area contributed by atoms with E-state index in [2.05, 4.69) is 19.8 Å². The van der Waals surface area contributed by atoms with Crippen molar-refractivity contribution in [3.63, 3.8) is 0 Å². The molecule has 1 rings (SSSR count). The van der Waals surface area contributed by atoms with Gasteiger partial charge in [-0.05, 0) is 18.6 Å². The molecule has 0 spiro atoms. The molecule has 0 bridgehead atoms. The average molecular weight is 294 g/mol. The lowest BCUT2D eigenvalue weighted by Crippen LogP contribution is -2.43. The molecule has 114 valence electrons. The minimum Gasteiger partial charge on any atom is -0.469 e. The van der Waals surface area contributed by atoms with E-state index >= 15 is 0 Å². The summed E-state index contributed by atoms with van der Waals surface area (Å²) in [4.78, 5) is 39.0. The van der Waals surface area contributed by atoms with Crippen molar-refractivity contribution in [2.24, 2.45) is 5.92 Å². The van der Waals surface area contributed by atoms with Gasteiger partial charge < -0.3 is 14.8 Å². The molecule has 21 heavy (non-hydrogen) atoms. The fraction of sp³-hybridized carbons (Fsp3) is 0.429. The molecule has 0 saturated carbocycles. The molecule has 2 atom stereocenters. The van der Waals surface area contributed by atoms with Crippen LogP contribution >= 0.6 is 0 Å². The van der Waals surface area contributed by atoms with Crippen LogP contribution in [-0.4, -0.2) is 43.1 Å². The van der Waals surface area contributed by atoms with E-state index in [0.29, 0.717) is 5.56 Å². The van der Waals surface area contributed by atoms with E-state index in [4.69, 9.17) is 0 Å². The van der Waals surface area contributed by atoms with Gasteiger partial charge in [0, 0.05) is 12.4 Å². The lowest BCUT2D eigenvalue weighted by atomic mass is 10.0. The quantitative estimate of drug-likeness (QED) is 0.770. The van der Waals surface area contributed by atoms with E-state index in [1.807, 2.05) is 0 Å². The topological polar surface area (TPSA) is 94.6 Å². The molecule has 0 aliphatic carbocycles. The van der Waals surface area contributed by atoms with Gasteiger partial charge >= 0.3 is 11.9 Å². The van der Waals surface area contributed by atoms with Crippen molar-refractivity contribution in [1.29, 1.82) is 0 Å². The average Bonchev–Trinajstić information content (AvgIpc) is 2.53. The van der Waals surface area contributed by atoms with Crippen molar-refractivity contribution in [1.82, 2.24) is 10.3 Å². The fourth-order valence-electron chi connectivity index (χ4n) is 1.75. The van der Waals surface area contributed by atoms with Crippen LogP contribution in [0.4, 0.5) is 0 Å². The highest BCUT2D eigenvalue weighted by Gasteiger charge is 2.27. The van der Waals surface area contributed by atoms with Gasteiger partial charge in [-0.2, -0.15) is 0 Å². The van der Waals surface area contributed by atoms with Gasteiger partial charge in [0.15, 0.2) is 0 Å². The van der Waals surface area contributed by atoms with Gasteiger partial charge in [-0.15, -0.1) is 0 Å². The number of nitrogens with one attached hydrogen (secondary N) is 1. The first-order valence-corrected chi connectivity index (χ1v) is 6.36. The van der Waals surface area contributed by atoms with Crippen molar-refractivity contribution in [2.45, 2.75) is 19.4 Å². The molecule has 1 heterocycles. The number of hydrogen-bond acceptors (Lipinski definition) is 6. The molecule has 0 saturated heterocycles. The summed E-state index contributed by atoms with van der Waals surface area (Å²) in [6.07, 6.45) is 3.01. The van der Waals surface area contributed by atoms with Crippen LogP contribution in [-0.2, 0) is 19.1 Å². The van der Waals surface area contributed by atoms with E-state index in [1.54, 1.807) is 19.1 Å². The van der Waals surface area contributed by atoms with Crippen molar-refractivity contribution in [3.05, 3.63) is 30.1 Å². The van der Waals surface area contributed by atoms with Crippen molar-refractivity contribution in [3.8, 4) is 0 Å². The maximum atomic E-state index is 12.0. The number of hydrogen-bond donors (Lipinski definition) is 1. The second kappa shape index (κ2) is 7.98. The molecule has 1 amide bonds. The minimum absolute atomic E-state index is 0.0886. The Morgan fingerprint density at radius 2 is 1.90 bits per heavy atom. The first kappa shape index (κ1) is 16.6. The first-order chi connectivity index (χ1) is 9.99. The minimum atomic E-state index is -0.934. The molecular weight excluding hydrogens is 276 g/mol. The Bertz CT molecular complexity index is 503. The smallest absolute Gasteiger partial charge is 0.328 e. The molecule has 0 aromatic carbocycles. The Balaban J connectivity index is 2.77. The Hall–Kier alpha value is -2.44. The van der Waals surface area contributed by atoms with Gasteiger partial charge in [-0.25, -0.2) is 4.79 Å². The molecule has 0 radical (unpaired) electrons. The molecule has 0 aliphatic heterocycles. The predicted octanol–water partition coefficient (Wildman–Crippen LogP) is 0.552. The van der Waals surface area contributed by atoms with Gasteiger partial charge in [0.05, 0.1) is 25.7 Å². The molecule has 7 nitrogen and oxygen atoms in total. The van der Waals surface area contributed by atoms with Crippen LogP contribution in [0.5, 0.6) is 0 Å². The van der Waals surface area contributed by atoms with Crippen LogP contribution in [0.3, 0.4) is 0 Å². The fourth-order valence-corrected chi connectivity index (χ4v) is 1.75. The monoisotopic (exact) mass is 294 g/mol. The largest absolute Gasteiger partial charge is 0.469 e. The SMILES string of the molecule is COC(=O)[C@@H](C)C[C@@H](NC(=O)c1cccnc1)C(=O)OC. The number of pyridine rings is 1. The van der Waals surface area contributed by atoms with E-state index < -0.39 is 29.8 Å². The number of nitrogens with zero attached hydrogens (tertiary/aromatic N) is 1. The van der Waals surface area contributed by atoms with E-state index in [1.165, 1.54) is 26.6 Å². The third-order valence-corrected chi connectivity index (χ3v) is 2.91. The normalized spacial score (nSPS) is 12.9.